The molecule has 114 valence electrons. The number of ether oxygens (including phenoxy) is 1. The zero-order chi connectivity index (χ0) is 15.8. The van der Waals surface area contributed by atoms with Crippen LogP contribution < -0.4 is 4.74 Å². The lowest BCUT2D eigenvalue weighted by molar-refractivity contribution is 0.0542. The van der Waals surface area contributed by atoms with Crippen LogP contribution in [0.25, 0.3) is 4.85 Å². The minimum absolute atomic E-state index is 0.0547. The van der Waals surface area contributed by atoms with E-state index < -0.39 is 15.6 Å². The molecule has 6 heteroatoms. The van der Waals surface area contributed by atoms with Crippen LogP contribution in [0.2, 0.25) is 0 Å². The van der Waals surface area contributed by atoms with Gasteiger partial charge >= 0.3 is 0 Å². The van der Waals surface area contributed by atoms with E-state index in [1.54, 1.807) is 32.2 Å². The Labute approximate surface area is 126 Å². The summed E-state index contributed by atoms with van der Waals surface area (Å²) in [5, 5.41) is 0. The number of rotatable bonds is 3. The van der Waals surface area contributed by atoms with Gasteiger partial charge in [0.1, 0.15) is 11.4 Å². The van der Waals surface area contributed by atoms with Crippen LogP contribution in [0.1, 0.15) is 38.8 Å². The van der Waals surface area contributed by atoms with Gasteiger partial charge in [0, 0.05) is 19.0 Å². The maximum atomic E-state index is 12.2. The third-order valence-corrected chi connectivity index (χ3v) is 5.66. The van der Waals surface area contributed by atoms with Gasteiger partial charge in [-0.05, 0) is 32.9 Å². The first-order valence-corrected chi connectivity index (χ1v) is 8.47. The highest BCUT2D eigenvalue weighted by Gasteiger charge is 2.38. The molecule has 0 fully saturated rings. The molecule has 0 saturated carbocycles. The van der Waals surface area contributed by atoms with E-state index in [1.165, 1.54) is 4.31 Å². The second kappa shape index (κ2) is 5.32. The fourth-order valence-electron chi connectivity index (χ4n) is 2.60. The molecule has 1 aliphatic heterocycles. The lowest BCUT2D eigenvalue weighted by Crippen LogP contribution is -2.42. The SMILES string of the molecule is [C-]#[N+]c1ccc2c(c1)C(N(C)S(=O)(=O)CC)CC(C)(C)O2. The molecule has 0 spiro atoms. The molecule has 21 heavy (non-hydrogen) atoms. The van der Waals surface area contributed by atoms with Crippen molar-refractivity contribution in [3.05, 3.63) is 35.2 Å². The lowest BCUT2D eigenvalue weighted by atomic mass is 9.89. The molecule has 0 aliphatic carbocycles. The molecule has 0 saturated heterocycles. The van der Waals surface area contributed by atoms with E-state index in [0.717, 1.165) is 5.56 Å². The molecule has 0 N–H and O–H groups in total. The monoisotopic (exact) mass is 308 g/mol. The van der Waals surface area contributed by atoms with Crippen molar-refractivity contribution in [2.45, 2.75) is 38.8 Å². The van der Waals surface area contributed by atoms with Crippen LogP contribution in [0.15, 0.2) is 18.2 Å². The summed E-state index contributed by atoms with van der Waals surface area (Å²) < 4.78 is 31.7. The van der Waals surface area contributed by atoms with Gasteiger partial charge in [0.2, 0.25) is 10.0 Å². The minimum Gasteiger partial charge on any atom is -0.488 e. The van der Waals surface area contributed by atoms with Crippen LogP contribution in [0, 0.1) is 6.57 Å². The predicted molar refractivity (Wildman–Crippen MR) is 82.0 cm³/mol. The average Bonchev–Trinajstić information content (AvgIpc) is 2.44. The Bertz CT molecular complexity index is 689. The van der Waals surface area contributed by atoms with Crippen molar-refractivity contribution in [2.75, 3.05) is 12.8 Å². The van der Waals surface area contributed by atoms with Crippen molar-refractivity contribution in [3.63, 3.8) is 0 Å². The van der Waals surface area contributed by atoms with E-state index in [1.807, 2.05) is 13.8 Å². The third-order valence-electron chi connectivity index (χ3n) is 3.80. The quantitative estimate of drug-likeness (QED) is 0.806. The van der Waals surface area contributed by atoms with E-state index in [0.29, 0.717) is 17.9 Å². The number of nitrogens with zero attached hydrogens (tertiary/aromatic N) is 2. The van der Waals surface area contributed by atoms with Crippen LogP contribution in [-0.4, -0.2) is 31.1 Å². The van der Waals surface area contributed by atoms with Crippen LogP contribution in [-0.2, 0) is 10.0 Å². The Balaban J connectivity index is 2.55. The number of hydrogen-bond donors (Lipinski definition) is 0. The van der Waals surface area contributed by atoms with Gasteiger partial charge in [-0.3, -0.25) is 0 Å². The number of fused-ring (bicyclic) bond motifs is 1. The third kappa shape index (κ3) is 3.04. The summed E-state index contributed by atoms with van der Waals surface area (Å²) in [5.41, 5.74) is 0.807. The largest absolute Gasteiger partial charge is 0.488 e. The highest BCUT2D eigenvalue weighted by atomic mass is 32.2. The van der Waals surface area contributed by atoms with Crippen molar-refractivity contribution in [3.8, 4) is 5.75 Å². The van der Waals surface area contributed by atoms with Gasteiger partial charge in [-0.2, -0.15) is 4.31 Å². The maximum absolute atomic E-state index is 12.2. The number of hydrogen-bond acceptors (Lipinski definition) is 3. The maximum Gasteiger partial charge on any atom is 0.214 e. The molecule has 1 aromatic rings. The Hall–Kier alpha value is -1.58. The van der Waals surface area contributed by atoms with Gasteiger partial charge in [-0.1, -0.05) is 6.07 Å². The summed E-state index contributed by atoms with van der Waals surface area (Å²) in [5.74, 6) is 0.709. The number of sulfonamides is 1. The van der Waals surface area contributed by atoms with Crippen LogP contribution >= 0.6 is 0 Å². The van der Waals surface area contributed by atoms with Crippen molar-refractivity contribution >= 4 is 15.7 Å². The van der Waals surface area contributed by atoms with Crippen molar-refractivity contribution in [1.82, 2.24) is 4.31 Å². The Morgan fingerprint density at radius 2 is 2.14 bits per heavy atom. The Morgan fingerprint density at radius 1 is 1.48 bits per heavy atom. The molecular formula is C15H20N2O3S. The summed E-state index contributed by atoms with van der Waals surface area (Å²) in [7, 11) is -1.71. The van der Waals surface area contributed by atoms with Crippen molar-refractivity contribution < 1.29 is 13.2 Å². The molecular weight excluding hydrogens is 288 g/mol. The molecule has 0 bridgehead atoms. The van der Waals surface area contributed by atoms with Crippen molar-refractivity contribution in [1.29, 1.82) is 0 Å². The second-order valence-corrected chi connectivity index (χ2v) is 8.15. The highest BCUT2D eigenvalue weighted by molar-refractivity contribution is 7.89. The van der Waals surface area contributed by atoms with Gasteiger partial charge in [0.05, 0.1) is 18.4 Å². The van der Waals surface area contributed by atoms with E-state index >= 15 is 0 Å². The number of benzene rings is 1. The summed E-state index contributed by atoms with van der Waals surface area (Å²) in [6.45, 7) is 12.6. The minimum atomic E-state index is -3.31. The Morgan fingerprint density at radius 3 is 2.71 bits per heavy atom. The molecule has 0 radical (unpaired) electrons. The second-order valence-electron chi connectivity index (χ2n) is 5.83. The molecule has 1 aromatic carbocycles. The molecule has 1 atom stereocenters. The highest BCUT2D eigenvalue weighted by Crippen LogP contribution is 2.44. The fraction of sp³-hybridized carbons (Fsp3) is 0.533. The first-order valence-electron chi connectivity index (χ1n) is 6.86. The first kappa shape index (κ1) is 15.8. The molecule has 1 heterocycles. The van der Waals surface area contributed by atoms with Crippen molar-refractivity contribution in [2.24, 2.45) is 0 Å². The molecule has 0 amide bonds. The summed E-state index contributed by atoms with van der Waals surface area (Å²) in [4.78, 5) is 3.42. The molecule has 1 unspecified atom stereocenters. The van der Waals surface area contributed by atoms with Gasteiger partial charge in [0.25, 0.3) is 0 Å². The van der Waals surface area contributed by atoms with Gasteiger partial charge in [-0.15, -0.1) is 0 Å². The topological polar surface area (TPSA) is 51.0 Å². The first-order chi connectivity index (χ1) is 9.70. The standard InChI is InChI=1S/C15H20N2O3S/c1-6-21(18,19)17(5)13-10-15(2,3)20-14-8-7-11(16-4)9-12(13)14/h7-9,13H,6,10H2,1-3,5H3. The molecule has 2 rings (SSSR count). The zero-order valence-corrected chi connectivity index (χ0v) is 13.6. The fourth-order valence-corrected chi connectivity index (χ4v) is 3.58. The van der Waals surface area contributed by atoms with Crippen LogP contribution in [0.3, 0.4) is 0 Å². The van der Waals surface area contributed by atoms with Crippen LogP contribution in [0.4, 0.5) is 5.69 Å². The van der Waals surface area contributed by atoms with E-state index in [-0.39, 0.29) is 11.8 Å². The predicted octanol–water partition coefficient (Wildman–Crippen LogP) is 3.12. The lowest BCUT2D eigenvalue weighted by Gasteiger charge is -2.41. The normalized spacial score (nSPS) is 20.5. The van der Waals surface area contributed by atoms with Crippen LogP contribution in [0.5, 0.6) is 5.75 Å². The van der Waals surface area contributed by atoms with Gasteiger partial charge in [0.15, 0.2) is 5.69 Å². The van der Waals surface area contributed by atoms with Gasteiger partial charge < -0.3 is 4.74 Å². The summed E-state index contributed by atoms with van der Waals surface area (Å²) in [6, 6.07) is 4.86. The molecule has 0 aromatic heterocycles. The van der Waals surface area contributed by atoms with E-state index in [2.05, 4.69) is 4.85 Å². The summed E-state index contributed by atoms with van der Waals surface area (Å²) in [6.07, 6.45) is 0.553. The molecule has 5 nitrogen and oxygen atoms in total. The average molecular weight is 308 g/mol. The zero-order valence-electron chi connectivity index (χ0n) is 12.8. The van der Waals surface area contributed by atoms with E-state index in [4.69, 9.17) is 11.3 Å². The smallest absolute Gasteiger partial charge is 0.214 e. The molecule has 1 aliphatic rings. The van der Waals surface area contributed by atoms with Gasteiger partial charge in [-0.25, -0.2) is 13.3 Å². The Kier molecular flexibility index (Phi) is 4.00. The van der Waals surface area contributed by atoms with E-state index in [9.17, 15) is 8.42 Å². The summed E-state index contributed by atoms with van der Waals surface area (Å²) >= 11 is 0.